The molecule has 1 aliphatic heterocycles. The zero-order chi connectivity index (χ0) is 14.5. The van der Waals surface area contributed by atoms with Crippen molar-refractivity contribution >= 4 is 11.5 Å². The Hall–Kier alpha value is -1.56. The molecule has 1 aromatic heterocycles. The molecule has 0 amide bonds. The number of anilines is 2. The Morgan fingerprint density at radius 3 is 3.00 bits per heavy atom. The number of aromatic nitrogens is 2. The molecule has 20 heavy (non-hydrogen) atoms. The summed E-state index contributed by atoms with van der Waals surface area (Å²) in [6, 6.07) is 0. The number of nitrogens with two attached hydrogens (primary N) is 1. The van der Waals surface area contributed by atoms with Crippen LogP contribution in [0.1, 0.15) is 33.1 Å². The molecule has 1 atom stereocenters. The average molecular weight is 280 g/mol. The number of hydrogen-bond acceptors (Lipinski definition) is 6. The quantitative estimate of drug-likeness (QED) is 0.849. The summed E-state index contributed by atoms with van der Waals surface area (Å²) in [5.74, 6) is 1.70. The highest BCUT2D eigenvalue weighted by molar-refractivity contribution is 5.67. The van der Waals surface area contributed by atoms with Gasteiger partial charge in [-0.3, -0.25) is 0 Å². The van der Waals surface area contributed by atoms with E-state index < -0.39 is 0 Å². The van der Waals surface area contributed by atoms with Gasteiger partial charge >= 0.3 is 0 Å². The second kappa shape index (κ2) is 6.74. The van der Waals surface area contributed by atoms with E-state index in [1.807, 2.05) is 13.8 Å². The molecule has 2 rings (SSSR count). The van der Waals surface area contributed by atoms with Gasteiger partial charge < -0.3 is 20.5 Å². The maximum absolute atomic E-state index is 9.08. The maximum Gasteiger partial charge on any atom is 0.242 e. The zero-order valence-electron chi connectivity index (χ0n) is 12.2. The van der Waals surface area contributed by atoms with Crippen LogP contribution in [0.2, 0.25) is 0 Å². The maximum atomic E-state index is 9.08. The lowest BCUT2D eigenvalue weighted by atomic mass is 9.95. The number of hydrogen-bond donors (Lipinski definition) is 2. The van der Waals surface area contributed by atoms with E-state index >= 15 is 0 Å². The number of piperidine rings is 1. The van der Waals surface area contributed by atoms with E-state index in [9.17, 15) is 0 Å². The van der Waals surface area contributed by atoms with Crippen LogP contribution in [0.3, 0.4) is 0 Å². The summed E-state index contributed by atoms with van der Waals surface area (Å²) in [6.07, 6.45) is 4.60. The van der Waals surface area contributed by atoms with Gasteiger partial charge in [0.2, 0.25) is 5.88 Å². The fourth-order valence-electron chi connectivity index (χ4n) is 2.62. The van der Waals surface area contributed by atoms with Crippen LogP contribution in [0.4, 0.5) is 11.5 Å². The highest BCUT2D eigenvalue weighted by atomic mass is 16.5. The molecule has 3 N–H and O–H groups in total. The van der Waals surface area contributed by atoms with E-state index in [0.717, 1.165) is 38.2 Å². The molecule has 1 aliphatic rings. The van der Waals surface area contributed by atoms with Crippen molar-refractivity contribution in [2.75, 3.05) is 30.3 Å². The number of aliphatic hydroxyl groups excluding tert-OH is 1. The molecule has 0 saturated carbocycles. The fraction of sp³-hybridized carbons (Fsp3) is 0.714. The van der Waals surface area contributed by atoms with Crippen molar-refractivity contribution in [3.63, 3.8) is 0 Å². The predicted molar refractivity (Wildman–Crippen MR) is 78.8 cm³/mol. The summed E-state index contributed by atoms with van der Waals surface area (Å²) in [4.78, 5) is 10.6. The Kier molecular flexibility index (Phi) is 5.00. The first-order valence-corrected chi connectivity index (χ1v) is 7.24. The van der Waals surface area contributed by atoms with E-state index in [-0.39, 0.29) is 12.7 Å². The van der Waals surface area contributed by atoms with Crippen molar-refractivity contribution in [2.45, 2.75) is 39.2 Å². The molecule has 112 valence electrons. The van der Waals surface area contributed by atoms with E-state index in [2.05, 4.69) is 14.9 Å². The van der Waals surface area contributed by atoms with Gasteiger partial charge in [-0.2, -0.15) is 4.98 Å². The Bertz CT molecular complexity index is 437. The van der Waals surface area contributed by atoms with Crippen molar-refractivity contribution < 1.29 is 9.84 Å². The first kappa shape index (κ1) is 14.8. The molecule has 6 nitrogen and oxygen atoms in total. The molecule has 0 aliphatic carbocycles. The van der Waals surface area contributed by atoms with Gasteiger partial charge in [-0.1, -0.05) is 0 Å². The summed E-state index contributed by atoms with van der Waals surface area (Å²) >= 11 is 0. The number of rotatable bonds is 5. The van der Waals surface area contributed by atoms with Gasteiger partial charge in [-0.15, -0.1) is 0 Å². The first-order valence-electron chi connectivity index (χ1n) is 7.24. The van der Waals surface area contributed by atoms with Gasteiger partial charge in [-0.25, -0.2) is 4.98 Å². The molecule has 0 aromatic carbocycles. The second-order valence-electron chi connectivity index (χ2n) is 5.55. The smallest absolute Gasteiger partial charge is 0.242 e. The van der Waals surface area contributed by atoms with E-state index in [4.69, 9.17) is 15.6 Å². The van der Waals surface area contributed by atoms with Gasteiger partial charge in [0.1, 0.15) is 12.0 Å². The van der Waals surface area contributed by atoms with Crippen LogP contribution in [-0.4, -0.2) is 40.9 Å². The number of nitrogens with zero attached hydrogens (tertiary/aromatic N) is 3. The second-order valence-corrected chi connectivity index (χ2v) is 5.55. The van der Waals surface area contributed by atoms with Gasteiger partial charge in [0, 0.05) is 19.7 Å². The van der Waals surface area contributed by atoms with E-state index in [1.165, 1.54) is 6.33 Å². The van der Waals surface area contributed by atoms with Gasteiger partial charge in [0.25, 0.3) is 0 Å². The Balaban J connectivity index is 2.15. The van der Waals surface area contributed by atoms with Crippen LogP contribution in [0.5, 0.6) is 5.88 Å². The highest BCUT2D eigenvalue weighted by Crippen LogP contribution is 2.31. The number of nitrogen functional groups attached to an aromatic ring is 1. The van der Waals surface area contributed by atoms with Crippen LogP contribution in [0.15, 0.2) is 6.33 Å². The normalized spacial score (nSPS) is 19.4. The minimum atomic E-state index is 0.0311. The van der Waals surface area contributed by atoms with E-state index in [0.29, 0.717) is 17.5 Å². The largest absolute Gasteiger partial charge is 0.473 e. The molecule has 0 bridgehead atoms. The first-order chi connectivity index (χ1) is 9.61. The Morgan fingerprint density at radius 2 is 2.30 bits per heavy atom. The molecule has 1 fully saturated rings. The fourth-order valence-corrected chi connectivity index (χ4v) is 2.62. The Labute approximate surface area is 120 Å². The SMILES string of the molecule is CC(C)Oc1ncnc(N2CCCC(CCO)C2)c1N. The molecule has 1 saturated heterocycles. The summed E-state index contributed by atoms with van der Waals surface area (Å²) in [5, 5.41) is 9.08. The summed E-state index contributed by atoms with van der Waals surface area (Å²) in [5.41, 5.74) is 6.65. The molecular formula is C14H24N4O2. The summed E-state index contributed by atoms with van der Waals surface area (Å²) in [7, 11) is 0. The molecule has 1 aromatic rings. The van der Waals surface area contributed by atoms with Crippen molar-refractivity contribution in [3.8, 4) is 5.88 Å². The highest BCUT2D eigenvalue weighted by Gasteiger charge is 2.23. The number of aliphatic hydroxyl groups is 1. The minimum absolute atomic E-state index is 0.0311. The lowest BCUT2D eigenvalue weighted by molar-refractivity contribution is 0.233. The monoisotopic (exact) mass is 280 g/mol. The standard InChI is InChI=1S/C14H24N4O2/c1-10(2)20-14-12(15)13(16-9-17-14)18-6-3-4-11(8-18)5-7-19/h9-11,19H,3-8,15H2,1-2H3. The molecule has 2 heterocycles. The number of ether oxygens (including phenoxy) is 1. The lowest BCUT2D eigenvalue weighted by Gasteiger charge is -2.34. The van der Waals surface area contributed by atoms with Gasteiger partial charge in [0.15, 0.2) is 5.82 Å². The van der Waals surface area contributed by atoms with Crippen LogP contribution < -0.4 is 15.4 Å². The van der Waals surface area contributed by atoms with Crippen LogP contribution in [-0.2, 0) is 0 Å². The molecule has 0 spiro atoms. The van der Waals surface area contributed by atoms with Gasteiger partial charge in [0.05, 0.1) is 6.10 Å². The lowest BCUT2D eigenvalue weighted by Crippen LogP contribution is -2.36. The van der Waals surface area contributed by atoms with E-state index in [1.54, 1.807) is 0 Å². The molecule has 1 unspecified atom stereocenters. The minimum Gasteiger partial charge on any atom is -0.473 e. The summed E-state index contributed by atoms with van der Waals surface area (Å²) < 4.78 is 5.61. The molecule has 6 heteroatoms. The Morgan fingerprint density at radius 1 is 1.50 bits per heavy atom. The van der Waals surface area contributed by atoms with Crippen LogP contribution >= 0.6 is 0 Å². The van der Waals surface area contributed by atoms with Crippen molar-refractivity contribution in [2.24, 2.45) is 5.92 Å². The topological polar surface area (TPSA) is 84.5 Å². The van der Waals surface area contributed by atoms with Crippen molar-refractivity contribution in [3.05, 3.63) is 6.33 Å². The van der Waals surface area contributed by atoms with Crippen LogP contribution in [0.25, 0.3) is 0 Å². The predicted octanol–water partition coefficient (Wildman–Crippen LogP) is 1.44. The van der Waals surface area contributed by atoms with Crippen molar-refractivity contribution in [1.82, 2.24) is 9.97 Å². The third-order valence-corrected chi connectivity index (χ3v) is 3.53. The van der Waals surface area contributed by atoms with Crippen LogP contribution in [0, 0.1) is 5.92 Å². The third kappa shape index (κ3) is 3.50. The average Bonchev–Trinajstić information content (AvgIpc) is 2.41. The summed E-state index contributed by atoms with van der Waals surface area (Å²) in [6.45, 7) is 5.94. The van der Waals surface area contributed by atoms with Gasteiger partial charge in [-0.05, 0) is 39.0 Å². The third-order valence-electron chi connectivity index (χ3n) is 3.53. The van der Waals surface area contributed by atoms with Crippen molar-refractivity contribution in [1.29, 1.82) is 0 Å². The molecular weight excluding hydrogens is 256 g/mol. The zero-order valence-corrected chi connectivity index (χ0v) is 12.2. The molecule has 0 radical (unpaired) electrons.